The molecular weight excluding hydrogens is 452 g/mol. The van der Waals surface area contributed by atoms with Crippen LogP contribution in [-0.2, 0) is 16.4 Å². The highest BCUT2D eigenvalue weighted by Gasteiger charge is 2.23. The van der Waals surface area contributed by atoms with E-state index in [9.17, 15) is 18.5 Å². The fourth-order valence-corrected chi connectivity index (χ4v) is 3.92. The highest BCUT2D eigenvalue weighted by Crippen LogP contribution is 2.24. The van der Waals surface area contributed by atoms with Crippen molar-refractivity contribution in [2.24, 2.45) is 0 Å². The van der Waals surface area contributed by atoms with Gasteiger partial charge in [0.25, 0.3) is 10.0 Å². The molecule has 2 aromatic carbocycles. The number of sulfonamides is 1. The zero-order chi connectivity index (χ0) is 23.3. The summed E-state index contributed by atoms with van der Waals surface area (Å²) < 4.78 is 28.4. The van der Waals surface area contributed by atoms with E-state index in [0.717, 1.165) is 0 Å². The monoisotopic (exact) mass is 472 g/mol. The van der Waals surface area contributed by atoms with E-state index in [2.05, 4.69) is 16.5 Å². The van der Waals surface area contributed by atoms with Crippen molar-refractivity contribution >= 4 is 33.5 Å². The number of aromatic nitrogens is 2. The molecule has 3 aromatic rings. The molecule has 9 nitrogen and oxygen atoms in total. The van der Waals surface area contributed by atoms with Gasteiger partial charge in [0.05, 0.1) is 16.3 Å². The van der Waals surface area contributed by atoms with Gasteiger partial charge < -0.3 is 4.90 Å². The van der Waals surface area contributed by atoms with Gasteiger partial charge in [-0.05, 0) is 50.5 Å². The Hall–Kier alpha value is -3.39. The van der Waals surface area contributed by atoms with Crippen LogP contribution < -0.4 is 10.0 Å². The standard InChI is InChI=1S/C21H21ClN6O3S/c1-27(2)13-12-19-18(14-23)20(28(25-19)16-6-4-3-5-7-16)24-21(29)26-32(30,31)17-10-8-15(22)9-11-17/h3-11H,12-13H2,1-2H3,(H2,24,26,29). The quantitative estimate of drug-likeness (QED) is 0.545. The second-order valence-electron chi connectivity index (χ2n) is 7.10. The molecule has 0 spiro atoms. The van der Waals surface area contributed by atoms with Gasteiger partial charge in [0.15, 0.2) is 5.82 Å². The average Bonchev–Trinajstić information content (AvgIpc) is 3.09. The van der Waals surface area contributed by atoms with Crippen LogP contribution in [0.1, 0.15) is 11.3 Å². The van der Waals surface area contributed by atoms with Crippen molar-refractivity contribution in [1.29, 1.82) is 5.26 Å². The fraction of sp³-hybridized carbons (Fsp3) is 0.190. The number of nitrogens with zero attached hydrogens (tertiary/aromatic N) is 4. The second-order valence-corrected chi connectivity index (χ2v) is 9.22. The maximum Gasteiger partial charge on any atom is 0.334 e. The molecule has 0 bridgehead atoms. The van der Waals surface area contributed by atoms with E-state index in [4.69, 9.17) is 11.6 Å². The van der Waals surface area contributed by atoms with Crippen molar-refractivity contribution in [2.45, 2.75) is 11.3 Å². The topological polar surface area (TPSA) is 120 Å². The summed E-state index contributed by atoms with van der Waals surface area (Å²) in [4.78, 5) is 14.4. The fourth-order valence-electron chi connectivity index (χ4n) is 2.88. The summed E-state index contributed by atoms with van der Waals surface area (Å²) >= 11 is 5.79. The number of hydrogen-bond acceptors (Lipinski definition) is 6. The van der Waals surface area contributed by atoms with Crippen LogP contribution in [0.4, 0.5) is 10.6 Å². The van der Waals surface area contributed by atoms with Gasteiger partial charge in [-0.2, -0.15) is 10.4 Å². The van der Waals surface area contributed by atoms with Gasteiger partial charge in [0.1, 0.15) is 11.6 Å². The number of benzene rings is 2. The maximum absolute atomic E-state index is 12.6. The van der Waals surface area contributed by atoms with Crippen LogP contribution in [0, 0.1) is 11.3 Å². The van der Waals surface area contributed by atoms with E-state index in [1.54, 1.807) is 24.3 Å². The number of nitrogens with one attached hydrogen (secondary N) is 2. The molecule has 2 N–H and O–H groups in total. The number of nitriles is 1. The van der Waals surface area contributed by atoms with Gasteiger partial charge in [0, 0.05) is 18.0 Å². The first-order chi connectivity index (χ1) is 15.2. The Kier molecular flexibility index (Phi) is 7.15. The van der Waals surface area contributed by atoms with Crippen LogP contribution >= 0.6 is 11.6 Å². The summed E-state index contributed by atoms with van der Waals surface area (Å²) in [5.74, 6) is 0.0799. The van der Waals surface area contributed by atoms with Crippen LogP contribution in [-0.4, -0.2) is 49.8 Å². The number of carbonyl (C=O) groups is 1. The van der Waals surface area contributed by atoms with Gasteiger partial charge in [-0.3, -0.25) is 5.32 Å². The van der Waals surface area contributed by atoms with Crippen molar-refractivity contribution in [1.82, 2.24) is 19.4 Å². The molecule has 166 valence electrons. The highest BCUT2D eigenvalue weighted by atomic mass is 35.5. The number of halogens is 1. The van der Waals surface area contributed by atoms with E-state index < -0.39 is 16.1 Å². The first-order valence-corrected chi connectivity index (χ1v) is 11.4. The van der Waals surface area contributed by atoms with Crippen LogP contribution in [0.5, 0.6) is 0 Å². The minimum atomic E-state index is -4.15. The van der Waals surface area contributed by atoms with Crippen molar-refractivity contribution in [3.8, 4) is 11.8 Å². The Morgan fingerprint density at radius 1 is 1.16 bits per heavy atom. The first-order valence-electron chi connectivity index (χ1n) is 9.53. The Morgan fingerprint density at radius 3 is 2.41 bits per heavy atom. The number of hydrogen-bond donors (Lipinski definition) is 2. The van der Waals surface area contributed by atoms with E-state index in [1.165, 1.54) is 28.9 Å². The molecule has 1 heterocycles. The molecule has 0 saturated heterocycles. The summed E-state index contributed by atoms with van der Waals surface area (Å²) in [6.45, 7) is 0.636. The van der Waals surface area contributed by atoms with Gasteiger partial charge in [-0.1, -0.05) is 29.8 Å². The second kappa shape index (κ2) is 9.82. The summed E-state index contributed by atoms with van der Waals surface area (Å²) in [6, 6.07) is 15.4. The number of likely N-dealkylation sites (N-methyl/N-ethyl adjacent to an activating group) is 1. The minimum Gasteiger partial charge on any atom is -0.309 e. The van der Waals surface area contributed by atoms with Gasteiger partial charge in [0.2, 0.25) is 0 Å². The number of urea groups is 1. The molecule has 1 aromatic heterocycles. The normalized spacial score (nSPS) is 11.2. The third-order valence-corrected chi connectivity index (χ3v) is 6.05. The van der Waals surface area contributed by atoms with Crippen LogP contribution in [0.15, 0.2) is 59.5 Å². The molecular formula is C21H21ClN6O3S. The lowest BCUT2D eigenvalue weighted by atomic mass is 10.2. The number of amides is 2. The van der Waals surface area contributed by atoms with E-state index in [0.29, 0.717) is 29.4 Å². The molecule has 0 unspecified atom stereocenters. The van der Waals surface area contributed by atoms with E-state index in [1.807, 2.05) is 29.8 Å². The van der Waals surface area contributed by atoms with Gasteiger partial charge in [-0.25, -0.2) is 22.6 Å². The number of anilines is 1. The Labute approximate surface area is 191 Å². The lowest BCUT2D eigenvalue weighted by molar-refractivity contribution is 0.256. The summed E-state index contributed by atoms with van der Waals surface area (Å²) in [7, 11) is -0.353. The molecule has 32 heavy (non-hydrogen) atoms. The van der Waals surface area contributed by atoms with Crippen molar-refractivity contribution < 1.29 is 13.2 Å². The van der Waals surface area contributed by atoms with E-state index in [-0.39, 0.29) is 16.3 Å². The predicted octanol–water partition coefficient (Wildman–Crippen LogP) is 3.01. The van der Waals surface area contributed by atoms with Gasteiger partial charge in [-0.15, -0.1) is 0 Å². The highest BCUT2D eigenvalue weighted by molar-refractivity contribution is 7.90. The average molecular weight is 473 g/mol. The minimum absolute atomic E-state index is 0.0799. The van der Waals surface area contributed by atoms with Crippen LogP contribution in [0.25, 0.3) is 5.69 Å². The lowest BCUT2D eigenvalue weighted by Crippen LogP contribution is -2.35. The predicted molar refractivity (Wildman–Crippen MR) is 121 cm³/mol. The molecule has 2 amide bonds. The number of rotatable bonds is 7. The van der Waals surface area contributed by atoms with Crippen LogP contribution in [0.2, 0.25) is 5.02 Å². The molecule has 0 radical (unpaired) electrons. The largest absolute Gasteiger partial charge is 0.334 e. The summed E-state index contributed by atoms with van der Waals surface area (Å²) in [5.41, 5.74) is 1.26. The molecule has 0 aliphatic carbocycles. The molecule has 0 saturated carbocycles. The molecule has 0 atom stereocenters. The SMILES string of the molecule is CN(C)CCc1nn(-c2ccccc2)c(NC(=O)NS(=O)(=O)c2ccc(Cl)cc2)c1C#N. The summed E-state index contributed by atoms with van der Waals surface area (Å²) in [5, 5.41) is 17.1. The van der Waals surface area contributed by atoms with E-state index >= 15 is 0 Å². The van der Waals surface area contributed by atoms with Crippen molar-refractivity contribution in [3.63, 3.8) is 0 Å². The Bertz CT molecular complexity index is 1250. The lowest BCUT2D eigenvalue weighted by Gasteiger charge is -2.11. The van der Waals surface area contributed by atoms with Crippen molar-refractivity contribution in [2.75, 3.05) is 26.0 Å². The molecule has 11 heteroatoms. The molecule has 0 fully saturated rings. The summed E-state index contributed by atoms with van der Waals surface area (Å²) in [6.07, 6.45) is 0.467. The number of carbonyl (C=O) groups excluding carboxylic acids is 1. The molecule has 0 aliphatic heterocycles. The smallest absolute Gasteiger partial charge is 0.309 e. The zero-order valence-electron chi connectivity index (χ0n) is 17.4. The molecule has 0 aliphatic rings. The third kappa shape index (κ3) is 5.45. The zero-order valence-corrected chi connectivity index (χ0v) is 19.0. The molecule has 3 rings (SSSR count). The maximum atomic E-state index is 12.6. The Balaban J connectivity index is 1.94. The Morgan fingerprint density at radius 2 is 1.81 bits per heavy atom. The van der Waals surface area contributed by atoms with Crippen molar-refractivity contribution in [3.05, 3.63) is 70.9 Å². The number of para-hydroxylation sites is 1. The van der Waals surface area contributed by atoms with Crippen LogP contribution in [0.3, 0.4) is 0 Å². The van der Waals surface area contributed by atoms with Gasteiger partial charge >= 0.3 is 6.03 Å². The third-order valence-electron chi connectivity index (χ3n) is 4.45. The first kappa shape index (κ1) is 23.3.